The van der Waals surface area contributed by atoms with Crippen molar-refractivity contribution in [2.45, 2.75) is 6.42 Å². The van der Waals surface area contributed by atoms with Crippen molar-refractivity contribution in [1.82, 2.24) is 4.98 Å². The van der Waals surface area contributed by atoms with Gasteiger partial charge in [0, 0.05) is 23.8 Å². The number of pyridine rings is 1. The van der Waals surface area contributed by atoms with E-state index in [1.54, 1.807) is 12.3 Å². The summed E-state index contributed by atoms with van der Waals surface area (Å²) in [6, 6.07) is 7.79. The topological polar surface area (TPSA) is 42.4 Å². The molecule has 20 heavy (non-hydrogen) atoms. The third-order valence-electron chi connectivity index (χ3n) is 3.46. The lowest BCUT2D eigenvalue weighted by atomic mass is 10.1. The van der Waals surface area contributed by atoms with Crippen LogP contribution in [0.2, 0.25) is 0 Å². The van der Waals surface area contributed by atoms with Crippen molar-refractivity contribution in [1.29, 1.82) is 0 Å². The Morgan fingerprint density at radius 3 is 3.05 bits per heavy atom. The van der Waals surface area contributed by atoms with Crippen LogP contribution >= 0.6 is 11.8 Å². The molecule has 1 aromatic heterocycles. The quantitative estimate of drug-likeness (QED) is 0.795. The molecule has 0 radical (unpaired) electrons. The number of aromatic nitrogens is 1. The van der Waals surface area contributed by atoms with E-state index in [0.29, 0.717) is 5.56 Å². The van der Waals surface area contributed by atoms with E-state index in [4.69, 9.17) is 4.74 Å². The third kappa shape index (κ3) is 2.45. The summed E-state index contributed by atoms with van der Waals surface area (Å²) >= 11 is 1.94. The minimum absolute atomic E-state index is 0.317. The van der Waals surface area contributed by atoms with Crippen molar-refractivity contribution >= 4 is 34.3 Å². The Kier molecular flexibility index (Phi) is 3.78. The highest BCUT2D eigenvalue weighted by molar-refractivity contribution is 7.99. The molecule has 0 spiro atoms. The summed E-state index contributed by atoms with van der Waals surface area (Å²) in [5.41, 5.74) is 2.54. The standard InChI is InChI=1S/C15H16N2O2S/c1-19-15(18)12-5-6-16-14-4-3-11(9-13(12)14)17-7-2-8-20-10-17/h3-6,9H,2,7-8,10H2,1H3. The molecule has 104 valence electrons. The number of esters is 1. The van der Waals surface area contributed by atoms with Gasteiger partial charge in [-0.25, -0.2) is 4.79 Å². The molecule has 1 aromatic carbocycles. The first-order valence-corrected chi connectivity index (χ1v) is 7.75. The largest absolute Gasteiger partial charge is 0.465 e. The molecule has 1 fully saturated rings. The van der Waals surface area contributed by atoms with Gasteiger partial charge in [0.15, 0.2) is 0 Å². The fraction of sp³-hybridized carbons (Fsp3) is 0.333. The number of rotatable bonds is 2. The number of nitrogens with zero attached hydrogens (tertiary/aromatic N) is 2. The van der Waals surface area contributed by atoms with Crippen molar-refractivity contribution < 1.29 is 9.53 Å². The SMILES string of the molecule is COC(=O)c1ccnc2ccc(N3CCCSC3)cc12. The Morgan fingerprint density at radius 2 is 2.30 bits per heavy atom. The highest BCUT2D eigenvalue weighted by Crippen LogP contribution is 2.27. The van der Waals surface area contributed by atoms with Crippen LogP contribution in [0, 0.1) is 0 Å². The second-order valence-electron chi connectivity index (χ2n) is 4.71. The smallest absolute Gasteiger partial charge is 0.338 e. The fourth-order valence-corrected chi connectivity index (χ4v) is 3.38. The molecule has 0 aliphatic carbocycles. The van der Waals surface area contributed by atoms with E-state index >= 15 is 0 Å². The van der Waals surface area contributed by atoms with Crippen LogP contribution in [0.3, 0.4) is 0 Å². The number of anilines is 1. The molecule has 5 heteroatoms. The van der Waals surface area contributed by atoms with Crippen LogP contribution in [0.15, 0.2) is 30.5 Å². The van der Waals surface area contributed by atoms with Crippen LogP contribution in [0.4, 0.5) is 5.69 Å². The molecule has 2 aromatic rings. The van der Waals surface area contributed by atoms with Crippen LogP contribution in [0.5, 0.6) is 0 Å². The van der Waals surface area contributed by atoms with E-state index in [2.05, 4.69) is 16.0 Å². The van der Waals surface area contributed by atoms with E-state index in [1.165, 1.54) is 19.3 Å². The number of methoxy groups -OCH3 is 1. The number of thioether (sulfide) groups is 1. The molecule has 1 aliphatic rings. The summed E-state index contributed by atoms with van der Waals surface area (Å²) in [4.78, 5) is 18.5. The lowest BCUT2D eigenvalue weighted by Crippen LogP contribution is -2.28. The number of hydrogen-bond acceptors (Lipinski definition) is 5. The minimum atomic E-state index is -0.317. The van der Waals surface area contributed by atoms with Gasteiger partial charge in [0.25, 0.3) is 0 Å². The molecule has 0 saturated carbocycles. The van der Waals surface area contributed by atoms with Crippen molar-refractivity contribution in [2.24, 2.45) is 0 Å². The maximum atomic E-state index is 11.8. The first-order chi connectivity index (χ1) is 9.79. The van der Waals surface area contributed by atoms with Crippen LogP contribution in [0.25, 0.3) is 10.9 Å². The van der Waals surface area contributed by atoms with Gasteiger partial charge in [0.2, 0.25) is 0 Å². The molecule has 0 amide bonds. The van der Waals surface area contributed by atoms with Crippen molar-refractivity contribution in [3.8, 4) is 0 Å². The molecule has 1 aliphatic heterocycles. The van der Waals surface area contributed by atoms with Gasteiger partial charge in [-0.3, -0.25) is 4.98 Å². The van der Waals surface area contributed by atoms with Crippen LogP contribution in [0.1, 0.15) is 16.8 Å². The lowest BCUT2D eigenvalue weighted by molar-refractivity contribution is 0.0603. The number of hydrogen-bond donors (Lipinski definition) is 0. The normalized spacial score (nSPS) is 15.3. The van der Waals surface area contributed by atoms with E-state index in [0.717, 1.165) is 29.0 Å². The summed E-state index contributed by atoms with van der Waals surface area (Å²) in [7, 11) is 1.40. The van der Waals surface area contributed by atoms with Gasteiger partial charge in [-0.1, -0.05) is 0 Å². The molecule has 0 atom stereocenters. The van der Waals surface area contributed by atoms with E-state index in [1.807, 2.05) is 23.9 Å². The summed E-state index contributed by atoms with van der Waals surface area (Å²) < 4.78 is 4.85. The Morgan fingerprint density at radius 1 is 1.40 bits per heavy atom. The van der Waals surface area contributed by atoms with Crippen LogP contribution in [-0.4, -0.2) is 36.2 Å². The Hall–Kier alpha value is -1.75. The lowest BCUT2D eigenvalue weighted by Gasteiger charge is -2.28. The van der Waals surface area contributed by atoms with Crippen LogP contribution < -0.4 is 4.90 Å². The van der Waals surface area contributed by atoms with Crippen LogP contribution in [-0.2, 0) is 4.74 Å². The van der Waals surface area contributed by atoms with Gasteiger partial charge < -0.3 is 9.64 Å². The molecule has 1 saturated heterocycles. The van der Waals surface area contributed by atoms with E-state index in [9.17, 15) is 4.79 Å². The summed E-state index contributed by atoms with van der Waals surface area (Å²) in [6.07, 6.45) is 2.84. The summed E-state index contributed by atoms with van der Waals surface area (Å²) in [5.74, 6) is 1.90. The zero-order valence-corrected chi connectivity index (χ0v) is 12.2. The Bertz CT molecular complexity index is 639. The van der Waals surface area contributed by atoms with Gasteiger partial charge in [0.1, 0.15) is 0 Å². The monoisotopic (exact) mass is 288 g/mol. The van der Waals surface area contributed by atoms with Gasteiger partial charge in [0.05, 0.1) is 24.1 Å². The number of fused-ring (bicyclic) bond motifs is 1. The molecular weight excluding hydrogens is 272 g/mol. The molecule has 0 bridgehead atoms. The molecule has 3 rings (SSSR count). The maximum absolute atomic E-state index is 11.8. The first kappa shape index (κ1) is 13.2. The molecular formula is C15H16N2O2S. The number of carbonyl (C=O) groups is 1. The average Bonchev–Trinajstić information content (AvgIpc) is 2.54. The summed E-state index contributed by atoms with van der Waals surface area (Å²) in [6.45, 7) is 1.06. The third-order valence-corrected chi connectivity index (χ3v) is 4.53. The Labute approximate surface area is 122 Å². The van der Waals surface area contributed by atoms with E-state index in [-0.39, 0.29) is 5.97 Å². The fourth-order valence-electron chi connectivity index (χ4n) is 2.42. The van der Waals surface area contributed by atoms with Crippen molar-refractivity contribution in [2.75, 3.05) is 30.2 Å². The zero-order valence-electron chi connectivity index (χ0n) is 11.3. The summed E-state index contributed by atoms with van der Waals surface area (Å²) in [5, 5.41) is 0.854. The van der Waals surface area contributed by atoms with Gasteiger partial charge in [-0.05, 0) is 36.4 Å². The molecule has 0 N–H and O–H groups in total. The Balaban J connectivity index is 2.06. The molecule has 2 heterocycles. The highest BCUT2D eigenvalue weighted by Gasteiger charge is 2.15. The van der Waals surface area contributed by atoms with Crippen molar-refractivity contribution in [3.05, 3.63) is 36.0 Å². The first-order valence-electron chi connectivity index (χ1n) is 6.59. The number of carbonyl (C=O) groups excluding carboxylic acids is 1. The van der Waals surface area contributed by atoms with E-state index < -0.39 is 0 Å². The second-order valence-corrected chi connectivity index (χ2v) is 5.78. The average molecular weight is 288 g/mol. The second kappa shape index (κ2) is 5.71. The minimum Gasteiger partial charge on any atom is -0.465 e. The molecule has 4 nitrogen and oxygen atoms in total. The van der Waals surface area contributed by atoms with Gasteiger partial charge >= 0.3 is 5.97 Å². The van der Waals surface area contributed by atoms with Gasteiger partial charge in [-0.15, -0.1) is 11.8 Å². The predicted octanol–water partition coefficient (Wildman–Crippen LogP) is 2.92. The predicted molar refractivity (Wildman–Crippen MR) is 82.4 cm³/mol. The zero-order chi connectivity index (χ0) is 13.9. The highest BCUT2D eigenvalue weighted by atomic mass is 32.2. The maximum Gasteiger partial charge on any atom is 0.338 e. The van der Waals surface area contributed by atoms with Gasteiger partial charge in [-0.2, -0.15) is 0 Å². The molecule has 0 unspecified atom stereocenters. The number of ether oxygens (including phenoxy) is 1. The number of benzene rings is 1. The van der Waals surface area contributed by atoms with Crippen molar-refractivity contribution in [3.63, 3.8) is 0 Å².